The molecule has 34 heavy (non-hydrogen) atoms. The highest BCUT2D eigenvalue weighted by Crippen LogP contribution is 2.29. The highest BCUT2D eigenvalue weighted by atomic mass is 16.5. The van der Waals surface area contributed by atoms with Crippen LogP contribution >= 0.6 is 0 Å². The van der Waals surface area contributed by atoms with E-state index in [1.165, 1.54) is 11.1 Å². The molecule has 1 aliphatic heterocycles. The third kappa shape index (κ3) is 9.47. The Morgan fingerprint density at radius 3 is 2.53 bits per heavy atom. The predicted molar refractivity (Wildman–Crippen MR) is 145 cm³/mol. The molecule has 0 saturated carbocycles. The van der Waals surface area contributed by atoms with Crippen molar-refractivity contribution in [1.82, 2.24) is 15.1 Å². The molecular formula is C28H50N4O2. The Kier molecular flexibility index (Phi) is 13.6. The van der Waals surface area contributed by atoms with Crippen LogP contribution in [0.2, 0.25) is 0 Å². The molecule has 0 aliphatic carbocycles. The van der Waals surface area contributed by atoms with E-state index in [9.17, 15) is 4.79 Å². The zero-order valence-corrected chi connectivity index (χ0v) is 22.9. The first-order valence-electron chi connectivity index (χ1n) is 12.8. The number of carbonyl (C=O) groups excluding carboxylic acids is 1. The molecule has 1 amide bonds. The lowest BCUT2D eigenvalue weighted by atomic mass is 9.88. The number of rotatable bonds is 15. The molecule has 6 heteroatoms. The van der Waals surface area contributed by atoms with Gasteiger partial charge < -0.3 is 15.0 Å². The first kappa shape index (κ1) is 30.3. The van der Waals surface area contributed by atoms with Gasteiger partial charge in [-0.2, -0.15) is 0 Å². The number of carbonyl (C=O) groups is 1. The number of hydrogen-bond acceptors (Lipinski definition) is 5. The van der Waals surface area contributed by atoms with Gasteiger partial charge in [-0.15, -0.1) is 6.58 Å². The van der Waals surface area contributed by atoms with Crippen LogP contribution in [-0.4, -0.2) is 80.4 Å². The van der Waals surface area contributed by atoms with Crippen LogP contribution in [0.4, 0.5) is 0 Å². The Labute approximate surface area is 209 Å². The molecule has 5 atom stereocenters. The summed E-state index contributed by atoms with van der Waals surface area (Å²) in [4.78, 5) is 20.7. The highest BCUT2D eigenvalue weighted by Gasteiger charge is 2.33. The zero-order valence-electron chi connectivity index (χ0n) is 22.9. The monoisotopic (exact) mass is 474 g/mol. The van der Waals surface area contributed by atoms with Gasteiger partial charge in [0, 0.05) is 37.2 Å². The van der Waals surface area contributed by atoms with Gasteiger partial charge in [0.15, 0.2) is 0 Å². The van der Waals surface area contributed by atoms with Crippen LogP contribution in [0.1, 0.15) is 66.7 Å². The molecule has 1 rings (SSSR count). The minimum atomic E-state index is -0.214. The van der Waals surface area contributed by atoms with Gasteiger partial charge in [0.1, 0.15) is 5.70 Å². The van der Waals surface area contributed by atoms with Crippen molar-refractivity contribution in [3.8, 4) is 0 Å². The van der Waals surface area contributed by atoms with Crippen LogP contribution in [-0.2, 0) is 9.53 Å². The van der Waals surface area contributed by atoms with E-state index >= 15 is 0 Å². The van der Waals surface area contributed by atoms with Crippen LogP contribution in [0.25, 0.3) is 0 Å². The average molecular weight is 475 g/mol. The molecule has 1 saturated heterocycles. The molecule has 0 radical (unpaired) electrons. The van der Waals surface area contributed by atoms with E-state index in [-0.39, 0.29) is 29.7 Å². The van der Waals surface area contributed by atoms with Gasteiger partial charge in [-0.3, -0.25) is 14.7 Å². The SMILES string of the molecule is C=CC(OCCCCN(C)C)C(C)/C(C)=C(\C)CN1C(C)CC(NC(=O)C(=C)N=C)CC1CC. The van der Waals surface area contributed by atoms with E-state index in [0.717, 1.165) is 51.8 Å². The summed E-state index contributed by atoms with van der Waals surface area (Å²) in [6.07, 6.45) is 7.08. The number of likely N-dealkylation sites (tertiary alicyclic amines) is 1. The average Bonchev–Trinajstić information content (AvgIpc) is 2.80. The fourth-order valence-electron chi connectivity index (χ4n) is 4.81. The number of aliphatic imine (C=N–C) groups is 1. The summed E-state index contributed by atoms with van der Waals surface area (Å²) >= 11 is 0. The highest BCUT2D eigenvalue weighted by molar-refractivity contribution is 5.93. The van der Waals surface area contributed by atoms with E-state index in [1.54, 1.807) is 0 Å². The van der Waals surface area contributed by atoms with Gasteiger partial charge >= 0.3 is 0 Å². The Hall–Kier alpha value is -1.76. The van der Waals surface area contributed by atoms with Crippen molar-refractivity contribution in [1.29, 1.82) is 0 Å². The second kappa shape index (κ2) is 15.3. The van der Waals surface area contributed by atoms with Crippen molar-refractivity contribution in [2.24, 2.45) is 10.9 Å². The lowest BCUT2D eigenvalue weighted by molar-refractivity contribution is -0.118. The summed E-state index contributed by atoms with van der Waals surface area (Å²) in [6.45, 7) is 25.1. The fraction of sp³-hybridized carbons (Fsp3) is 0.714. The molecule has 0 aromatic carbocycles. The molecule has 0 spiro atoms. The maximum atomic E-state index is 12.2. The second-order valence-corrected chi connectivity index (χ2v) is 10.2. The maximum Gasteiger partial charge on any atom is 0.269 e. The molecule has 1 heterocycles. The summed E-state index contributed by atoms with van der Waals surface area (Å²) in [5.41, 5.74) is 2.96. The molecule has 0 bridgehead atoms. The Bertz CT molecular complexity index is 715. The molecule has 1 aliphatic rings. The van der Waals surface area contributed by atoms with Crippen molar-refractivity contribution in [3.05, 3.63) is 36.1 Å². The number of nitrogens with zero attached hydrogens (tertiary/aromatic N) is 3. The van der Waals surface area contributed by atoms with Gasteiger partial charge in [0.2, 0.25) is 0 Å². The predicted octanol–water partition coefficient (Wildman–Crippen LogP) is 4.83. The number of amides is 1. The minimum absolute atomic E-state index is 0.0289. The molecule has 1 fully saturated rings. The molecule has 1 N–H and O–H groups in total. The van der Waals surface area contributed by atoms with E-state index in [1.807, 2.05) is 6.08 Å². The van der Waals surface area contributed by atoms with Gasteiger partial charge in [-0.05, 0) is 80.2 Å². The Morgan fingerprint density at radius 1 is 1.29 bits per heavy atom. The number of nitrogens with one attached hydrogen (secondary N) is 1. The van der Waals surface area contributed by atoms with Crippen LogP contribution in [0.3, 0.4) is 0 Å². The number of hydrogen-bond donors (Lipinski definition) is 1. The first-order chi connectivity index (χ1) is 16.0. The first-order valence-corrected chi connectivity index (χ1v) is 12.8. The molecule has 6 nitrogen and oxygen atoms in total. The summed E-state index contributed by atoms with van der Waals surface area (Å²) in [6, 6.07) is 0.924. The topological polar surface area (TPSA) is 57.2 Å². The van der Waals surface area contributed by atoms with Crippen molar-refractivity contribution in [3.63, 3.8) is 0 Å². The molecule has 0 aromatic rings. The Balaban J connectivity index is 2.76. The second-order valence-electron chi connectivity index (χ2n) is 10.2. The van der Waals surface area contributed by atoms with Gasteiger partial charge in [0.05, 0.1) is 6.10 Å². The van der Waals surface area contributed by atoms with Crippen LogP contribution < -0.4 is 5.32 Å². The molecule has 5 unspecified atom stereocenters. The normalized spacial score (nSPS) is 23.7. The number of ether oxygens (including phenoxy) is 1. The van der Waals surface area contributed by atoms with Crippen LogP contribution in [0.5, 0.6) is 0 Å². The zero-order chi connectivity index (χ0) is 25.8. The summed E-state index contributed by atoms with van der Waals surface area (Å²) in [5, 5.41) is 3.10. The van der Waals surface area contributed by atoms with Crippen LogP contribution in [0, 0.1) is 5.92 Å². The minimum Gasteiger partial charge on any atom is -0.374 e. The number of piperidine rings is 1. The van der Waals surface area contributed by atoms with Crippen molar-refractivity contribution >= 4 is 12.6 Å². The smallest absolute Gasteiger partial charge is 0.269 e. The lowest BCUT2D eigenvalue weighted by Gasteiger charge is -2.44. The van der Waals surface area contributed by atoms with Crippen LogP contribution in [0.15, 0.2) is 41.1 Å². The summed E-state index contributed by atoms with van der Waals surface area (Å²) < 4.78 is 6.20. The van der Waals surface area contributed by atoms with Gasteiger partial charge in [-0.1, -0.05) is 37.6 Å². The maximum absolute atomic E-state index is 12.2. The molecule has 194 valence electrons. The Morgan fingerprint density at radius 2 is 1.97 bits per heavy atom. The van der Waals surface area contributed by atoms with E-state index in [4.69, 9.17) is 4.74 Å². The largest absolute Gasteiger partial charge is 0.374 e. The lowest BCUT2D eigenvalue weighted by Crippen LogP contribution is -2.54. The van der Waals surface area contributed by atoms with E-state index < -0.39 is 0 Å². The fourth-order valence-corrected chi connectivity index (χ4v) is 4.81. The van der Waals surface area contributed by atoms with Crippen molar-refractivity contribution in [2.45, 2.75) is 91.0 Å². The van der Waals surface area contributed by atoms with Gasteiger partial charge in [0.25, 0.3) is 5.91 Å². The molecule has 0 aromatic heterocycles. The van der Waals surface area contributed by atoms with E-state index in [2.05, 4.69) is 88.7 Å². The van der Waals surface area contributed by atoms with E-state index in [0.29, 0.717) is 12.1 Å². The third-order valence-electron chi connectivity index (χ3n) is 7.29. The third-order valence-corrected chi connectivity index (χ3v) is 7.29. The molecular weight excluding hydrogens is 424 g/mol. The summed E-state index contributed by atoms with van der Waals surface area (Å²) in [7, 11) is 4.21. The summed E-state index contributed by atoms with van der Waals surface area (Å²) in [5.74, 6) is 0.0735. The quantitative estimate of drug-likeness (QED) is 0.160. The standard InChI is InChI=1S/C28H50N4O2/c1-11-26-18-25(30-28(33)24(7)29-8)17-21(4)32(26)19-20(3)22(5)23(6)27(12-2)34-16-14-13-15-31(9)10/h12,21,23,25-27H,2,7-8,11,13-19H2,1,3-6,9-10H3,(H,30,33)/b22-20+. The van der Waals surface area contributed by atoms with Gasteiger partial charge in [-0.25, -0.2) is 0 Å². The number of unbranched alkanes of at least 4 members (excludes halogenated alkanes) is 1. The van der Waals surface area contributed by atoms with Crippen molar-refractivity contribution in [2.75, 3.05) is 33.8 Å². The van der Waals surface area contributed by atoms with Crippen molar-refractivity contribution < 1.29 is 9.53 Å².